The van der Waals surface area contributed by atoms with Gasteiger partial charge in [0.25, 0.3) is 0 Å². The number of hydrogen-bond acceptors (Lipinski definition) is 5. The molecule has 5 heteroatoms. The highest BCUT2D eigenvalue weighted by molar-refractivity contribution is 6.10. The molecule has 0 amide bonds. The van der Waals surface area contributed by atoms with Crippen molar-refractivity contribution in [3.63, 3.8) is 0 Å². The van der Waals surface area contributed by atoms with Crippen LogP contribution in [0.15, 0.2) is 154 Å². The van der Waals surface area contributed by atoms with Crippen LogP contribution in [0.5, 0.6) is 0 Å². The average Bonchev–Trinajstić information content (AvgIpc) is 3.18. The Morgan fingerprint density at radius 2 is 1.57 bits per heavy atom. The maximum absolute atomic E-state index is 5.29. The molecule has 2 aliphatic carbocycles. The van der Waals surface area contributed by atoms with Crippen molar-refractivity contribution in [3.8, 4) is 0 Å². The molecule has 4 unspecified atom stereocenters. The largest absolute Gasteiger partial charge is 0.381 e. The van der Waals surface area contributed by atoms with Crippen molar-refractivity contribution in [1.82, 2.24) is 5.32 Å². The van der Waals surface area contributed by atoms with Crippen LogP contribution in [0.3, 0.4) is 0 Å². The third kappa shape index (κ3) is 5.41. The molecule has 5 aliphatic rings. The number of fused-ring (bicyclic) bond motifs is 3. The van der Waals surface area contributed by atoms with E-state index >= 15 is 0 Å². The zero-order valence-electron chi connectivity index (χ0n) is 27.4. The van der Waals surface area contributed by atoms with Gasteiger partial charge in [0.15, 0.2) is 0 Å². The summed E-state index contributed by atoms with van der Waals surface area (Å²) in [4.78, 5) is 15.3. The first-order valence-electron chi connectivity index (χ1n) is 17.3. The van der Waals surface area contributed by atoms with Gasteiger partial charge < -0.3 is 10.6 Å². The molecule has 0 saturated carbocycles. The quantitative estimate of drug-likeness (QED) is 0.230. The minimum atomic E-state index is -0.264. The summed E-state index contributed by atoms with van der Waals surface area (Å²) in [6.45, 7) is 3.08. The highest BCUT2D eigenvalue weighted by Crippen LogP contribution is 2.39. The van der Waals surface area contributed by atoms with Crippen LogP contribution in [0, 0.1) is 11.8 Å². The summed E-state index contributed by atoms with van der Waals surface area (Å²) < 4.78 is 0. The first-order chi connectivity index (χ1) is 24.2. The molecule has 0 radical (unpaired) electrons. The zero-order valence-corrected chi connectivity index (χ0v) is 27.4. The van der Waals surface area contributed by atoms with Crippen molar-refractivity contribution in [3.05, 3.63) is 178 Å². The number of allylic oxidation sites excluding steroid dienone is 6. The molecule has 0 spiro atoms. The van der Waals surface area contributed by atoms with Gasteiger partial charge in [-0.1, -0.05) is 134 Å². The SMILES string of the molecule is CC1C=CC(c2ccc(C3=NC(C4CC=Cc5ccccc54)=NC(c4ccc(C5=CCNc6ccccc65)cc4)N3)cc2)=C2N=CC=CC21. The summed E-state index contributed by atoms with van der Waals surface area (Å²) in [5, 5.41) is 7.19. The van der Waals surface area contributed by atoms with Crippen molar-refractivity contribution in [2.24, 2.45) is 26.8 Å². The van der Waals surface area contributed by atoms with E-state index in [1.807, 2.05) is 6.21 Å². The summed E-state index contributed by atoms with van der Waals surface area (Å²) in [6, 6.07) is 34.8. The van der Waals surface area contributed by atoms with E-state index in [9.17, 15) is 0 Å². The molecular weight excluding hydrogens is 599 g/mol. The first-order valence-corrected chi connectivity index (χ1v) is 17.3. The standard InChI is InChI=1S/C44H37N5/c1-28-15-24-37(41-34(28)13-7-26-46-41)31-18-22-33(23-19-31)43-47-42(48-44(49-43)39-12-6-9-29-8-2-3-10-35(29)39)32-20-16-30(17-21-32)36-25-27-45-40-14-5-4-11-38(36)40/h2-11,13-26,28,34,39,42,45H,12,27H2,1H3,(H,47,48,49). The fraction of sp³-hybridized carbons (Fsp3) is 0.159. The van der Waals surface area contributed by atoms with Gasteiger partial charge >= 0.3 is 0 Å². The molecule has 238 valence electrons. The van der Waals surface area contributed by atoms with E-state index in [1.165, 1.54) is 39.1 Å². The molecular formula is C44H37N5. The highest BCUT2D eigenvalue weighted by atomic mass is 15.2. The van der Waals surface area contributed by atoms with Crippen LogP contribution in [0.4, 0.5) is 5.69 Å². The van der Waals surface area contributed by atoms with Gasteiger partial charge in [0.1, 0.15) is 17.8 Å². The second kappa shape index (κ2) is 12.3. The minimum Gasteiger partial charge on any atom is -0.381 e. The molecule has 0 saturated heterocycles. The van der Waals surface area contributed by atoms with E-state index in [0.717, 1.165) is 47.0 Å². The molecule has 3 aliphatic heterocycles. The molecule has 5 nitrogen and oxygen atoms in total. The highest BCUT2D eigenvalue weighted by Gasteiger charge is 2.29. The molecule has 3 heterocycles. The van der Waals surface area contributed by atoms with E-state index in [-0.39, 0.29) is 12.1 Å². The van der Waals surface area contributed by atoms with Crippen molar-refractivity contribution < 1.29 is 0 Å². The molecule has 4 aromatic rings. The third-order valence-corrected chi connectivity index (χ3v) is 10.3. The first kappa shape index (κ1) is 29.3. The Kier molecular flexibility index (Phi) is 7.38. The molecule has 9 rings (SSSR count). The second-order valence-corrected chi connectivity index (χ2v) is 13.3. The second-order valence-electron chi connectivity index (χ2n) is 13.3. The van der Waals surface area contributed by atoms with Gasteiger partial charge in [0.05, 0.1) is 5.70 Å². The van der Waals surface area contributed by atoms with Crippen LogP contribution in [-0.2, 0) is 0 Å². The van der Waals surface area contributed by atoms with Crippen molar-refractivity contribution >= 4 is 40.8 Å². The smallest absolute Gasteiger partial charge is 0.147 e. The summed E-state index contributed by atoms with van der Waals surface area (Å²) in [7, 11) is 0. The molecule has 49 heavy (non-hydrogen) atoms. The van der Waals surface area contributed by atoms with Crippen LogP contribution >= 0.6 is 0 Å². The Hall–Kier alpha value is -5.81. The molecule has 0 bridgehead atoms. The van der Waals surface area contributed by atoms with E-state index in [0.29, 0.717) is 11.8 Å². The number of anilines is 1. The lowest BCUT2D eigenvalue weighted by Gasteiger charge is -2.29. The van der Waals surface area contributed by atoms with E-state index in [1.54, 1.807) is 0 Å². The minimum absolute atomic E-state index is 0.0891. The van der Waals surface area contributed by atoms with Gasteiger partial charge in [0, 0.05) is 47.0 Å². The topological polar surface area (TPSA) is 61.1 Å². The maximum Gasteiger partial charge on any atom is 0.147 e. The Morgan fingerprint density at radius 3 is 2.47 bits per heavy atom. The van der Waals surface area contributed by atoms with Crippen LogP contribution in [0.25, 0.3) is 17.2 Å². The summed E-state index contributed by atoms with van der Waals surface area (Å²) in [5.41, 5.74) is 13.0. The molecule has 0 fully saturated rings. The van der Waals surface area contributed by atoms with Gasteiger partial charge in [-0.2, -0.15) is 0 Å². The number of amidine groups is 2. The lowest BCUT2D eigenvalue weighted by Crippen LogP contribution is -2.35. The summed E-state index contributed by atoms with van der Waals surface area (Å²) in [5.74, 6) is 2.54. The predicted molar refractivity (Wildman–Crippen MR) is 204 cm³/mol. The normalized spacial score (nSPS) is 23.3. The Bertz CT molecular complexity index is 2190. The number of hydrogen-bond donors (Lipinski definition) is 2. The Labute approximate surface area is 287 Å². The van der Waals surface area contributed by atoms with Crippen LogP contribution in [0.2, 0.25) is 0 Å². The lowest BCUT2D eigenvalue weighted by atomic mass is 9.81. The number of benzene rings is 4. The number of rotatable bonds is 5. The summed E-state index contributed by atoms with van der Waals surface area (Å²) in [6.07, 6.45) is 18.1. The molecule has 0 aromatic heterocycles. The van der Waals surface area contributed by atoms with Crippen LogP contribution in [0.1, 0.15) is 64.4 Å². The van der Waals surface area contributed by atoms with Gasteiger partial charge in [-0.05, 0) is 57.9 Å². The van der Waals surface area contributed by atoms with E-state index in [4.69, 9.17) is 15.0 Å². The maximum atomic E-state index is 5.29. The number of para-hydroxylation sites is 1. The van der Waals surface area contributed by atoms with Crippen LogP contribution < -0.4 is 10.6 Å². The Morgan fingerprint density at radius 1 is 0.776 bits per heavy atom. The molecule has 4 aromatic carbocycles. The van der Waals surface area contributed by atoms with Crippen molar-refractivity contribution in [2.75, 3.05) is 11.9 Å². The lowest BCUT2D eigenvalue weighted by molar-refractivity contribution is 0.571. The van der Waals surface area contributed by atoms with E-state index in [2.05, 4.69) is 157 Å². The number of nitrogens with one attached hydrogen (secondary N) is 2. The van der Waals surface area contributed by atoms with Crippen molar-refractivity contribution in [1.29, 1.82) is 0 Å². The fourth-order valence-corrected chi connectivity index (χ4v) is 7.64. The number of aliphatic imine (C=N–C) groups is 3. The number of nitrogens with zero attached hydrogens (tertiary/aromatic N) is 3. The van der Waals surface area contributed by atoms with Gasteiger partial charge in [-0.15, -0.1) is 0 Å². The average molecular weight is 636 g/mol. The molecule has 4 atom stereocenters. The monoisotopic (exact) mass is 635 g/mol. The van der Waals surface area contributed by atoms with E-state index < -0.39 is 0 Å². The van der Waals surface area contributed by atoms with Gasteiger partial charge in [-0.25, -0.2) is 9.98 Å². The van der Waals surface area contributed by atoms with Crippen molar-refractivity contribution in [2.45, 2.75) is 25.4 Å². The predicted octanol–water partition coefficient (Wildman–Crippen LogP) is 9.37. The van der Waals surface area contributed by atoms with Crippen LogP contribution in [-0.4, -0.2) is 24.4 Å². The Balaban J connectivity index is 1.06. The molecule has 2 N–H and O–H groups in total. The number of dihydropyridines is 1. The van der Waals surface area contributed by atoms with Gasteiger partial charge in [0.2, 0.25) is 0 Å². The summed E-state index contributed by atoms with van der Waals surface area (Å²) >= 11 is 0. The zero-order chi connectivity index (χ0) is 32.7. The third-order valence-electron chi connectivity index (χ3n) is 10.3. The fourth-order valence-electron chi connectivity index (χ4n) is 7.64. The van der Waals surface area contributed by atoms with Gasteiger partial charge in [-0.3, -0.25) is 4.99 Å².